The number of rotatable bonds is 8. The highest BCUT2D eigenvalue weighted by molar-refractivity contribution is 6.32. The van der Waals surface area contributed by atoms with Crippen molar-refractivity contribution in [3.63, 3.8) is 0 Å². The molecule has 0 saturated heterocycles. The SMILES string of the molecule is COc1cc(NCCNC(=O)Cn2nc(C(F)(F)F)c(Cl)c2C(C)(C)O)ccc1Cl. The molecule has 12 heteroatoms. The first-order valence-electron chi connectivity index (χ1n) is 8.75. The second kappa shape index (κ2) is 9.32. The summed E-state index contributed by atoms with van der Waals surface area (Å²) in [4.78, 5) is 12.2. The fourth-order valence-electron chi connectivity index (χ4n) is 2.69. The lowest BCUT2D eigenvalue weighted by Gasteiger charge is -2.19. The van der Waals surface area contributed by atoms with E-state index in [4.69, 9.17) is 27.9 Å². The van der Waals surface area contributed by atoms with Crippen LogP contribution in [-0.4, -0.2) is 41.0 Å². The molecular weight excluding hydrogens is 448 g/mol. The number of alkyl halides is 3. The van der Waals surface area contributed by atoms with Gasteiger partial charge in [-0.25, -0.2) is 0 Å². The van der Waals surface area contributed by atoms with Crippen LogP contribution >= 0.6 is 23.2 Å². The molecule has 166 valence electrons. The van der Waals surface area contributed by atoms with Gasteiger partial charge in [0.05, 0.1) is 22.8 Å². The van der Waals surface area contributed by atoms with Gasteiger partial charge in [0.2, 0.25) is 5.91 Å². The lowest BCUT2D eigenvalue weighted by molar-refractivity contribution is -0.141. The second-order valence-electron chi connectivity index (χ2n) is 6.85. The van der Waals surface area contributed by atoms with Gasteiger partial charge in [-0.2, -0.15) is 18.3 Å². The maximum Gasteiger partial charge on any atom is 0.436 e. The Hall–Kier alpha value is -2.17. The van der Waals surface area contributed by atoms with E-state index in [1.54, 1.807) is 18.2 Å². The minimum Gasteiger partial charge on any atom is -0.495 e. The molecule has 30 heavy (non-hydrogen) atoms. The van der Waals surface area contributed by atoms with Crippen LogP contribution in [0.5, 0.6) is 5.75 Å². The smallest absolute Gasteiger partial charge is 0.436 e. The number of amides is 1. The molecule has 2 aromatic rings. The number of hydrogen-bond donors (Lipinski definition) is 3. The molecule has 2 rings (SSSR count). The Bertz CT molecular complexity index is 911. The van der Waals surface area contributed by atoms with Gasteiger partial charge in [-0.15, -0.1) is 0 Å². The summed E-state index contributed by atoms with van der Waals surface area (Å²) in [5.74, 6) is -0.107. The van der Waals surface area contributed by atoms with Crippen molar-refractivity contribution in [3.05, 3.63) is 39.6 Å². The monoisotopic (exact) mass is 468 g/mol. The van der Waals surface area contributed by atoms with E-state index in [1.165, 1.54) is 21.0 Å². The van der Waals surface area contributed by atoms with Gasteiger partial charge >= 0.3 is 6.18 Å². The molecule has 0 saturated carbocycles. The molecule has 0 aliphatic heterocycles. The standard InChI is InChI=1S/C18H21Cl2F3N4O3/c1-17(2,29)16-14(20)15(18(21,22)23)26-27(16)9-13(28)25-7-6-24-10-4-5-11(19)12(8-10)30-3/h4-5,8,24,29H,6-7,9H2,1-3H3,(H,25,28). The summed E-state index contributed by atoms with van der Waals surface area (Å²) in [6, 6.07) is 5.07. The third-order valence-electron chi connectivity index (χ3n) is 3.96. The average molecular weight is 469 g/mol. The number of carbonyl (C=O) groups is 1. The highest BCUT2D eigenvalue weighted by Gasteiger charge is 2.41. The van der Waals surface area contributed by atoms with E-state index in [-0.39, 0.29) is 12.2 Å². The number of aromatic nitrogens is 2. The highest BCUT2D eigenvalue weighted by atomic mass is 35.5. The predicted octanol–water partition coefficient (Wildman–Crippen LogP) is 3.67. The van der Waals surface area contributed by atoms with Gasteiger partial charge in [0.25, 0.3) is 0 Å². The number of halogens is 5. The van der Waals surface area contributed by atoms with E-state index in [9.17, 15) is 23.1 Å². The molecule has 0 unspecified atom stereocenters. The number of hydrogen-bond acceptors (Lipinski definition) is 5. The van der Waals surface area contributed by atoms with Crippen LogP contribution in [0.3, 0.4) is 0 Å². The number of methoxy groups -OCH3 is 1. The Labute approximate surface area is 181 Å². The molecule has 3 N–H and O–H groups in total. The Morgan fingerprint density at radius 1 is 1.27 bits per heavy atom. The number of anilines is 1. The van der Waals surface area contributed by atoms with Gasteiger partial charge in [-0.1, -0.05) is 23.2 Å². The Morgan fingerprint density at radius 2 is 1.93 bits per heavy atom. The molecule has 1 heterocycles. The molecule has 0 radical (unpaired) electrons. The van der Waals surface area contributed by atoms with E-state index in [2.05, 4.69) is 15.7 Å². The minimum absolute atomic E-state index is 0.183. The van der Waals surface area contributed by atoms with E-state index < -0.39 is 34.9 Å². The predicted molar refractivity (Wildman–Crippen MR) is 107 cm³/mol. The molecule has 0 atom stereocenters. The minimum atomic E-state index is -4.82. The third-order valence-corrected chi connectivity index (χ3v) is 4.63. The first-order valence-corrected chi connectivity index (χ1v) is 9.50. The maximum absolute atomic E-state index is 13.1. The van der Waals surface area contributed by atoms with Crippen LogP contribution in [0.25, 0.3) is 0 Å². The molecule has 1 aromatic carbocycles. The van der Waals surface area contributed by atoms with Gasteiger partial charge in [0, 0.05) is 24.8 Å². The van der Waals surface area contributed by atoms with Crippen LogP contribution in [0.2, 0.25) is 10.0 Å². The van der Waals surface area contributed by atoms with Crippen LogP contribution in [-0.2, 0) is 23.1 Å². The van der Waals surface area contributed by atoms with Gasteiger partial charge < -0.3 is 20.5 Å². The molecular formula is C18H21Cl2F3N4O3. The van der Waals surface area contributed by atoms with Crippen LogP contribution < -0.4 is 15.4 Å². The van der Waals surface area contributed by atoms with Crippen LogP contribution in [0.4, 0.5) is 18.9 Å². The number of benzene rings is 1. The zero-order valence-corrected chi connectivity index (χ0v) is 17.9. The Balaban J connectivity index is 1.99. The number of aliphatic hydroxyl groups is 1. The van der Waals surface area contributed by atoms with E-state index in [1.807, 2.05) is 0 Å². The lowest BCUT2D eigenvalue weighted by Crippen LogP contribution is -2.33. The normalized spacial score (nSPS) is 12.0. The fraction of sp³-hybridized carbons (Fsp3) is 0.444. The van der Waals surface area contributed by atoms with Crippen molar-refractivity contribution >= 4 is 34.8 Å². The number of nitrogens with zero attached hydrogens (tertiary/aromatic N) is 2. The van der Waals surface area contributed by atoms with Crippen molar-refractivity contribution < 1.29 is 27.8 Å². The fourth-order valence-corrected chi connectivity index (χ4v) is 3.36. The molecule has 0 fully saturated rings. The van der Waals surface area contributed by atoms with Gasteiger partial charge in [0.15, 0.2) is 5.69 Å². The largest absolute Gasteiger partial charge is 0.495 e. The number of carbonyl (C=O) groups excluding carboxylic acids is 1. The summed E-state index contributed by atoms with van der Waals surface area (Å²) in [7, 11) is 1.49. The average Bonchev–Trinajstić information content (AvgIpc) is 2.96. The van der Waals surface area contributed by atoms with Crippen molar-refractivity contribution in [3.8, 4) is 5.75 Å². The van der Waals surface area contributed by atoms with E-state index >= 15 is 0 Å². The zero-order chi connectivity index (χ0) is 22.7. The zero-order valence-electron chi connectivity index (χ0n) is 16.4. The number of nitrogens with one attached hydrogen (secondary N) is 2. The molecule has 7 nitrogen and oxygen atoms in total. The summed E-state index contributed by atoms with van der Waals surface area (Å²) < 4.78 is 45.1. The van der Waals surface area contributed by atoms with Crippen LogP contribution in [0.1, 0.15) is 25.2 Å². The van der Waals surface area contributed by atoms with Crippen molar-refractivity contribution in [2.75, 3.05) is 25.5 Å². The first-order chi connectivity index (χ1) is 13.8. The van der Waals surface area contributed by atoms with E-state index in [0.717, 1.165) is 4.68 Å². The first kappa shape index (κ1) is 24.1. The van der Waals surface area contributed by atoms with Crippen molar-refractivity contribution in [2.45, 2.75) is 32.2 Å². The maximum atomic E-state index is 13.1. The molecule has 0 aliphatic carbocycles. The summed E-state index contributed by atoms with van der Waals surface area (Å²) in [6.45, 7) is 2.50. The van der Waals surface area contributed by atoms with Gasteiger partial charge in [-0.3, -0.25) is 9.48 Å². The summed E-state index contributed by atoms with van der Waals surface area (Å²) in [5, 5.41) is 18.9. The topological polar surface area (TPSA) is 88.4 Å². The molecule has 1 amide bonds. The van der Waals surface area contributed by atoms with Crippen molar-refractivity contribution in [2.24, 2.45) is 0 Å². The van der Waals surface area contributed by atoms with E-state index in [0.29, 0.717) is 23.0 Å². The van der Waals surface area contributed by atoms with Gasteiger partial charge in [-0.05, 0) is 26.0 Å². The molecule has 0 bridgehead atoms. The molecule has 1 aromatic heterocycles. The summed E-state index contributed by atoms with van der Waals surface area (Å²) >= 11 is 11.7. The third kappa shape index (κ3) is 5.93. The van der Waals surface area contributed by atoms with Crippen LogP contribution in [0, 0.1) is 0 Å². The van der Waals surface area contributed by atoms with Crippen LogP contribution in [0.15, 0.2) is 18.2 Å². The second-order valence-corrected chi connectivity index (χ2v) is 7.64. The Kier molecular flexibility index (Phi) is 7.49. The quantitative estimate of drug-likeness (QED) is 0.514. The van der Waals surface area contributed by atoms with Crippen molar-refractivity contribution in [1.82, 2.24) is 15.1 Å². The molecule has 0 spiro atoms. The Morgan fingerprint density at radius 3 is 2.50 bits per heavy atom. The lowest BCUT2D eigenvalue weighted by atomic mass is 10.0. The summed E-state index contributed by atoms with van der Waals surface area (Å²) in [6.07, 6.45) is -4.82. The highest BCUT2D eigenvalue weighted by Crippen LogP contribution is 2.39. The number of ether oxygens (including phenoxy) is 1. The van der Waals surface area contributed by atoms with Crippen molar-refractivity contribution in [1.29, 1.82) is 0 Å². The van der Waals surface area contributed by atoms with Gasteiger partial charge in [0.1, 0.15) is 17.9 Å². The molecule has 0 aliphatic rings. The summed E-state index contributed by atoms with van der Waals surface area (Å²) in [5.41, 5.74) is -2.67.